The van der Waals surface area contributed by atoms with E-state index < -0.39 is 0 Å². The second-order valence-electron chi connectivity index (χ2n) is 4.42. The summed E-state index contributed by atoms with van der Waals surface area (Å²) in [6.45, 7) is 6.44. The maximum absolute atomic E-state index is 10.6. The molecule has 0 saturated carbocycles. The van der Waals surface area contributed by atoms with E-state index in [4.69, 9.17) is 11.6 Å². The minimum Gasteiger partial charge on any atom is -0.298 e. The van der Waals surface area contributed by atoms with Crippen LogP contribution in [0.2, 0.25) is 0 Å². The summed E-state index contributed by atoms with van der Waals surface area (Å²) in [4.78, 5) is 10.6. The number of aldehydes is 1. The lowest BCUT2D eigenvalue weighted by Gasteiger charge is -2.33. The molecule has 0 spiro atoms. The Kier molecular flexibility index (Phi) is 2.62. The van der Waals surface area contributed by atoms with Crippen LogP contribution in [0, 0.1) is 11.3 Å². The van der Waals surface area contributed by atoms with Gasteiger partial charge in [-0.1, -0.05) is 32.4 Å². The van der Waals surface area contributed by atoms with Crippen LogP contribution in [-0.2, 0) is 4.79 Å². The third-order valence-corrected chi connectivity index (χ3v) is 2.82. The average Bonchev–Trinajstić information content (AvgIpc) is 1.82. The molecule has 0 saturated heterocycles. The van der Waals surface area contributed by atoms with Gasteiger partial charge in [-0.05, 0) is 24.2 Å². The summed E-state index contributed by atoms with van der Waals surface area (Å²) in [6, 6.07) is 0. The van der Waals surface area contributed by atoms with Gasteiger partial charge in [0.1, 0.15) is 6.29 Å². The molecule has 0 bridgehead atoms. The molecule has 1 atom stereocenters. The molecule has 1 nitrogen and oxygen atoms in total. The van der Waals surface area contributed by atoms with E-state index in [9.17, 15) is 4.79 Å². The lowest BCUT2D eigenvalue weighted by Crippen LogP contribution is -2.23. The molecule has 0 heterocycles. The van der Waals surface area contributed by atoms with Gasteiger partial charge >= 0.3 is 0 Å². The molecule has 1 rings (SSSR count). The van der Waals surface area contributed by atoms with Gasteiger partial charge in [0.25, 0.3) is 0 Å². The van der Waals surface area contributed by atoms with Crippen molar-refractivity contribution in [2.24, 2.45) is 11.3 Å². The largest absolute Gasteiger partial charge is 0.298 e. The van der Waals surface area contributed by atoms with Crippen LogP contribution in [-0.4, -0.2) is 6.29 Å². The van der Waals surface area contributed by atoms with Gasteiger partial charge in [-0.3, -0.25) is 4.79 Å². The monoisotopic (exact) mass is 186 g/mol. The highest BCUT2D eigenvalue weighted by atomic mass is 35.5. The molecule has 0 fully saturated rings. The highest BCUT2D eigenvalue weighted by Crippen LogP contribution is 2.42. The fourth-order valence-electron chi connectivity index (χ4n) is 1.98. The predicted molar refractivity (Wildman–Crippen MR) is 51.1 cm³/mol. The van der Waals surface area contributed by atoms with Crippen molar-refractivity contribution in [3.63, 3.8) is 0 Å². The Morgan fingerprint density at radius 3 is 2.58 bits per heavy atom. The zero-order valence-corrected chi connectivity index (χ0v) is 8.61. The van der Waals surface area contributed by atoms with Gasteiger partial charge in [0.15, 0.2) is 0 Å². The van der Waals surface area contributed by atoms with Crippen LogP contribution >= 0.6 is 11.6 Å². The molecular formula is C10H15ClO. The maximum atomic E-state index is 10.6. The van der Waals surface area contributed by atoms with Crippen LogP contribution in [0.15, 0.2) is 10.6 Å². The number of allylic oxidation sites excluding steroid dienone is 2. The molecule has 0 aromatic carbocycles. The SMILES string of the molecule is CC1CC(C)(C)CC(Cl)=C1C=O. The summed E-state index contributed by atoms with van der Waals surface area (Å²) < 4.78 is 0. The van der Waals surface area contributed by atoms with Gasteiger partial charge in [0.05, 0.1) is 0 Å². The molecule has 1 aliphatic rings. The first-order valence-corrected chi connectivity index (χ1v) is 4.68. The fraction of sp³-hybridized carbons (Fsp3) is 0.700. The van der Waals surface area contributed by atoms with Crippen LogP contribution in [0.4, 0.5) is 0 Å². The molecule has 1 aliphatic carbocycles. The Labute approximate surface area is 78.8 Å². The quantitative estimate of drug-likeness (QED) is 0.575. The van der Waals surface area contributed by atoms with Gasteiger partial charge in [0, 0.05) is 10.6 Å². The molecule has 0 amide bonds. The van der Waals surface area contributed by atoms with E-state index in [1.54, 1.807) is 0 Å². The number of rotatable bonds is 1. The number of hydrogen-bond acceptors (Lipinski definition) is 1. The zero-order valence-electron chi connectivity index (χ0n) is 7.86. The fourth-order valence-corrected chi connectivity index (χ4v) is 2.57. The first-order valence-electron chi connectivity index (χ1n) is 4.30. The van der Waals surface area contributed by atoms with E-state index in [2.05, 4.69) is 20.8 Å². The van der Waals surface area contributed by atoms with Gasteiger partial charge in [-0.2, -0.15) is 0 Å². The van der Waals surface area contributed by atoms with Crippen molar-refractivity contribution < 1.29 is 4.79 Å². The van der Waals surface area contributed by atoms with Gasteiger partial charge in [-0.25, -0.2) is 0 Å². The molecule has 0 aromatic rings. The van der Waals surface area contributed by atoms with Gasteiger partial charge in [-0.15, -0.1) is 0 Å². The molecule has 0 aliphatic heterocycles. The molecule has 1 unspecified atom stereocenters. The highest BCUT2D eigenvalue weighted by Gasteiger charge is 2.30. The lowest BCUT2D eigenvalue weighted by molar-refractivity contribution is -0.105. The third kappa shape index (κ3) is 1.89. The first kappa shape index (κ1) is 9.79. The summed E-state index contributed by atoms with van der Waals surface area (Å²) in [7, 11) is 0. The number of halogens is 1. The van der Waals surface area contributed by atoms with Crippen LogP contribution in [0.25, 0.3) is 0 Å². The third-order valence-electron chi connectivity index (χ3n) is 2.46. The van der Waals surface area contributed by atoms with Crippen molar-refractivity contribution in [3.05, 3.63) is 10.6 Å². The molecule has 12 heavy (non-hydrogen) atoms. The minimum absolute atomic E-state index is 0.253. The summed E-state index contributed by atoms with van der Waals surface area (Å²) >= 11 is 6.01. The highest BCUT2D eigenvalue weighted by molar-refractivity contribution is 6.31. The van der Waals surface area contributed by atoms with E-state index in [0.29, 0.717) is 5.92 Å². The van der Waals surface area contributed by atoms with Crippen molar-refractivity contribution in [2.45, 2.75) is 33.6 Å². The van der Waals surface area contributed by atoms with E-state index >= 15 is 0 Å². The van der Waals surface area contributed by atoms with Crippen molar-refractivity contribution in [2.75, 3.05) is 0 Å². The number of carbonyl (C=O) groups is 1. The zero-order chi connectivity index (χ0) is 9.35. The van der Waals surface area contributed by atoms with Crippen LogP contribution in [0.3, 0.4) is 0 Å². The normalized spacial score (nSPS) is 28.8. The smallest absolute Gasteiger partial charge is 0.147 e. The minimum atomic E-state index is 0.253. The van der Waals surface area contributed by atoms with Crippen molar-refractivity contribution in [3.8, 4) is 0 Å². The Balaban J connectivity index is 2.94. The molecule has 2 heteroatoms. The molecular weight excluding hydrogens is 172 g/mol. The Morgan fingerprint density at radius 1 is 1.58 bits per heavy atom. The van der Waals surface area contributed by atoms with Crippen LogP contribution in [0.5, 0.6) is 0 Å². The summed E-state index contributed by atoms with van der Waals surface area (Å²) in [5, 5.41) is 0.758. The second kappa shape index (κ2) is 3.21. The number of hydrogen-bond donors (Lipinski definition) is 0. The number of carbonyl (C=O) groups excluding carboxylic acids is 1. The standard InChI is InChI=1S/C10H15ClO/c1-7-4-10(2,3)5-9(11)8(7)6-12/h6-7H,4-5H2,1-3H3. The topological polar surface area (TPSA) is 17.1 Å². The Morgan fingerprint density at radius 2 is 2.17 bits per heavy atom. The van der Waals surface area contributed by atoms with E-state index in [1.807, 2.05) is 0 Å². The molecule has 0 aromatic heterocycles. The Hall–Kier alpha value is -0.300. The van der Waals surface area contributed by atoms with E-state index in [-0.39, 0.29) is 5.41 Å². The molecule has 0 radical (unpaired) electrons. The predicted octanol–water partition coefficient (Wildman–Crippen LogP) is 3.13. The summed E-state index contributed by atoms with van der Waals surface area (Å²) in [5.74, 6) is 0.318. The maximum Gasteiger partial charge on any atom is 0.147 e. The summed E-state index contributed by atoms with van der Waals surface area (Å²) in [5.41, 5.74) is 1.05. The first-order chi connectivity index (χ1) is 5.46. The van der Waals surface area contributed by atoms with Gasteiger partial charge < -0.3 is 0 Å². The summed E-state index contributed by atoms with van der Waals surface area (Å²) in [6.07, 6.45) is 2.80. The average molecular weight is 187 g/mol. The molecule has 0 N–H and O–H groups in total. The van der Waals surface area contributed by atoms with Crippen molar-refractivity contribution in [1.29, 1.82) is 0 Å². The van der Waals surface area contributed by atoms with Crippen molar-refractivity contribution in [1.82, 2.24) is 0 Å². The molecule has 68 valence electrons. The van der Waals surface area contributed by atoms with Crippen LogP contribution < -0.4 is 0 Å². The van der Waals surface area contributed by atoms with Crippen LogP contribution in [0.1, 0.15) is 33.6 Å². The van der Waals surface area contributed by atoms with E-state index in [1.165, 1.54) is 0 Å². The lowest BCUT2D eigenvalue weighted by atomic mass is 9.73. The second-order valence-corrected chi connectivity index (χ2v) is 4.88. The van der Waals surface area contributed by atoms with Gasteiger partial charge in [0.2, 0.25) is 0 Å². The van der Waals surface area contributed by atoms with E-state index in [0.717, 1.165) is 29.7 Å². The van der Waals surface area contributed by atoms with Crippen molar-refractivity contribution >= 4 is 17.9 Å². The Bertz CT molecular complexity index is 228.